The monoisotopic (exact) mass is 257 g/mol. The molecule has 0 saturated carbocycles. The minimum atomic E-state index is -1.14. The van der Waals surface area contributed by atoms with Crippen LogP contribution in [0.5, 0.6) is 0 Å². The summed E-state index contributed by atoms with van der Waals surface area (Å²) in [5.74, 6) is -1.91. The number of aliphatic carboxylic acids is 1. The summed E-state index contributed by atoms with van der Waals surface area (Å²) in [6.07, 6.45) is 1.51. The molecule has 0 aromatic rings. The van der Waals surface area contributed by atoms with E-state index in [4.69, 9.17) is 10.8 Å². The second-order valence-electron chi connectivity index (χ2n) is 4.47. The first-order chi connectivity index (χ1) is 8.41. The number of hydrogen-bond acceptors (Lipinski definition) is 4. The van der Waals surface area contributed by atoms with Gasteiger partial charge in [0.2, 0.25) is 11.8 Å². The predicted octanol–water partition coefficient (Wildman–Crippen LogP) is -1.08. The third-order valence-corrected chi connectivity index (χ3v) is 2.88. The third-order valence-electron chi connectivity index (χ3n) is 2.88. The molecule has 1 heterocycles. The molecule has 0 spiro atoms. The topological polar surface area (TPSA) is 113 Å². The number of hydrogen-bond donors (Lipinski definition) is 3. The van der Waals surface area contributed by atoms with Crippen LogP contribution in [0.1, 0.15) is 26.2 Å². The standard InChI is InChI=1S/C11H19N3O4/c1-7(11(18)14-4-2-3-5-14)13-10(17)8(12)6-9(15)16/h7-8H,2-6,12H2,1H3,(H,13,17)(H,15,16). The van der Waals surface area contributed by atoms with Crippen LogP contribution in [0.2, 0.25) is 0 Å². The fraction of sp³-hybridized carbons (Fsp3) is 0.727. The molecule has 0 radical (unpaired) electrons. The summed E-state index contributed by atoms with van der Waals surface area (Å²) < 4.78 is 0. The maximum atomic E-state index is 11.9. The summed E-state index contributed by atoms with van der Waals surface area (Å²) >= 11 is 0. The van der Waals surface area contributed by atoms with Crippen molar-refractivity contribution < 1.29 is 19.5 Å². The number of carboxylic acid groups (broad SMARTS) is 1. The minimum absolute atomic E-state index is 0.150. The zero-order valence-electron chi connectivity index (χ0n) is 10.4. The van der Waals surface area contributed by atoms with Gasteiger partial charge >= 0.3 is 5.97 Å². The van der Waals surface area contributed by atoms with E-state index < -0.39 is 30.4 Å². The Morgan fingerprint density at radius 3 is 2.39 bits per heavy atom. The maximum absolute atomic E-state index is 11.9. The lowest BCUT2D eigenvalue weighted by Crippen LogP contribution is -2.51. The van der Waals surface area contributed by atoms with Crippen LogP contribution in [0.3, 0.4) is 0 Å². The minimum Gasteiger partial charge on any atom is -0.481 e. The summed E-state index contributed by atoms with van der Waals surface area (Å²) in [7, 11) is 0. The molecule has 2 atom stereocenters. The van der Waals surface area contributed by atoms with Crippen LogP contribution in [-0.2, 0) is 14.4 Å². The van der Waals surface area contributed by atoms with Gasteiger partial charge in [-0.1, -0.05) is 0 Å². The average Bonchev–Trinajstić information content (AvgIpc) is 2.80. The Balaban J connectivity index is 2.43. The lowest BCUT2D eigenvalue weighted by Gasteiger charge is -2.22. The van der Waals surface area contributed by atoms with Gasteiger partial charge in [-0.25, -0.2) is 0 Å². The fourth-order valence-corrected chi connectivity index (χ4v) is 1.87. The number of carbonyl (C=O) groups is 3. The molecule has 0 aliphatic carbocycles. The number of likely N-dealkylation sites (tertiary alicyclic amines) is 1. The van der Waals surface area contributed by atoms with Crippen molar-refractivity contribution in [1.82, 2.24) is 10.2 Å². The number of nitrogens with zero attached hydrogens (tertiary/aromatic N) is 1. The SMILES string of the molecule is CC(NC(=O)C(N)CC(=O)O)C(=O)N1CCCC1. The predicted molar refractivity (Wildman–Crippen MR) is 63.6 cm³/mol. The molecule has 18 heavy (non-hydrogen) atoms. The quantitative estimate of drug-likeness (QED) is 0.579. The largest absolute Gasteiger partial charge is 0.481 e. The molecule has 2 unspecified atom stereocenters. The van der Waals surface area contributed by atoms with Crippen molar-refractivity contribution in [3.63, 3.8) is 0 Å². The Labute approximate surface area is 105 Å². The highest BCUT2D eigenvalue weighted by Gasteiger charge is 2.26. The lowest BCUT2D eigenvalue weighted by atomic mass is 10.2. The second kappa shape index (κ2) is 6.34. The van der Waals surface area contributed by atoms with E-state index >= 15 is 0 Å². The van der Waals surface area contributed by atoms with Gasteiger partial charge in [0, 0.05) is 13.1 Å². The molecule has 102 valence electrons. The number of nitrogens with one attached hydrogen (secondary N) is 1. The van der Waals surface area contributed by atoms with Crippen LogP contribution in [0.15, 0.2) is 0 Å². The van der Waals surface area contributed by atoms with Crippen LogP contribution in [0.25, 0.3) is 0 Å². The van der Waals surface area contributed by atoms with Crippen LogP contribution in [0, 0.1) is 0 Å². The fourth-order valence-electron chi connectivity index (χ4n) is 1.87. The number of amides is 2. The first kappa shape index (κ1) is 14.4. The van der Waals surface area contributed by atoms with E-state index in [0.29, 0.717) is 13.1 Å². The van der Waals surface area contributed by atoms with E-state index in [1.165, 1.54) is 0 Å². The third kappa shape index (κ3) is 3.99. The van der Waals surface area contributed by atoms with Crippen LogP contribution in [-0.4, -0.2) is 53.0 Å². The van der Waals surface area contributed by atoms with Crippen LogP contribution in [0.4, 0.5) is 0 Å². The van der Waals surface area contributed by atoms with E-state index in [2.05, 4.69) is 5.32 Å². The van der Waals surface area contributed by atoms with E-state index in [1.807, 2.05) is 0 Å². The van der Waals surface area contributed by atoms with Gasteiger partial charge in [-0.15, -0.1) is 0 Å². The summed E-state index contributed by atoms with van der Waals surface area (Å²) in [5.41, 5.74) is 5.40. The smallest absolute Gasteiger partial charge is 0.305 e. The molecule has 0 aromatic heterocycles. The molecule has 1 saturated heterocycles. The van der Waals surface area contributed by atoms with Crippen LogP contribution < -0.4 is 11.1 Å². The van der Waals surface area contributed by atoms with E-state index in [9.17, 15) is 14.4 Å². The zero-order chi connectivity index (χ0) is 13.7. The Hall–Kier alpha value is -1.63. The van der Waals surface area contributed by atoms with Gasteiger partial charge in [0.25, 0.3) is 0 Å². The van der Waals surface area contributed by atoms with E-state index in [1.54, 1.807) is 11.8 Å². The first-order valence-corrected chi connectivity index (χ1v) is 5.98. The molecule has 4 N–H and O–H groups in total. The number of carboxylic acids is 1. The van der Waals surface area contributed by atoms with Crippen molar-refractivity contribution in [2.75, 3.05) is 13.1 Å². The van der Waals surface area contributed by atoms with Crippen molar-refractivity contribution in [2.24, 2.45) is 5.73 Å². The van der Waals surface area contributed by atoms with Gasteiger partial charge in [-0.05, 0) is 19.8 Å². The lowest BCUT2D eigenvalue weighted by molar-refractivity contribution is -0.140. The molecule has 7 nitrogen and oxygen atoms in total. The van der Waals surface area contributed by atoms with E-state index in [-0.39, 0.29) is 5.91 Å². The Morgan fingerprint density at radius 1 is 1.33 bits per heavy atom. The summed E-state index contributed by atoms with van der Waals surface area (Å²) in [6, 6.07) is -1.80. The molecule has 1 fully saturated rings. The molecular weight excluding hydrogens is 238 g/mol. The molecule has 1 rings (SSSR count). The Morgan fingerprint density at radius 2 is 1.89 bits per heavy atom. The highest BCUT2D eigenvalue weighted by molar-refractivity contribution is 5.91. The molecule has 7 heteroatoms. The average molecular weight is 257 g/mol. The highest BCUT2D eigenvalue weighted by atomic mass is 16.4. The van der Waals surface area contributed by atoms with Crippen molar-refractivity contribution in [2.45, 2.75) is 38.3 Å². The number of carbonyl (C=O) groups excluding carboxylic acids is 2. The van der Waals surface area contributed by atoms with Gasteiger partial charge in [-0.2, -0.15) is 0 Å². The molecule has 2 amide bonds. The molecule has 1 aliphatic heterocycles. The number of nitrogens with two attached hydrogens (primary N) is 1. The van der Waals surface area contributed by atoms with E-state index in [0.717, 1.165) is 12.8 Å². The van der Waals surface area contributed by atoms with Crippen molar-refractivity contribution in [3.8, 4) is 0 Å². The van der Waals surface area contributed by atoms with Gasteiger partial charge in [0.1, 0.15) is 6.04 Å². The van der Waals surface area contributed by atoms with Crippen molar-refractivity contribution in [3.05, 3.63) is 0 Å². The molecule has 1 aliphatic rings. The second-order valence-corrected chi connectivity index (χ2v) is 4.47. The van der Waals surface area contributed by atoms with Gasteiger partial charge < -0.3 is 21.1 Å². The summed E-state index contributed by atoms with van der Waals surface area (Å²) in [6.45, 7) is 2.99. The Kier molecular flexibility index (Phi) is 5.08. The van der Waals surface area contributed by atoms with Gasteiger partial charge in [0.05, 0.1) is 12.5 Å². The zero-order valence-corrected chi connectivity index (χ0v) is 10.4. The summed E-state index contributed by atoms with van der Waals surface area (Å²) in [4.78, 5) is 35.5. The molecular formula is C11H19N3O4. The normalized spacial score (nSPS) is 18.2. The first-order valence-electron chi connectivity index (χ1n) is 5.98. The maximum Gasteiger partial charge on any atom is 0.305 e. The van der Waals surface area contributed by atoms with Crippen LogP contribution >= 0.6 is 0 Å². The highest BCUT2D eigenvalue weighted by Crippen LogP contribution is 2.09. The van der Waals surface area contributed by atoms with Crippen molar-refractivity contribution in [1.29, 1.82) is 0 Å². The Bertz CT molecular complexity index is 339. The van der Waals surface area contributed by atoms with Crippen molar-refractivity contribution >= 4 is 17.8 Å². The molecule has 0 bridgehead atoms. The number of rotatable bonds is 5. The molecule has 0 aromatic carbocycles. The van der Waals surface area contributed by atoms with Gasteiger partial charge in [0.15, 0.2) is 0 Å². The summed E-state index contributed by atoms with van der Waals surface area (Å²) in [5, 5.41) is 11.0. The van der Waals surface area contributed by atoms with Gasteiger partial charge in [-0.3, -0.25) is 14.4 Å².